The highest BCUT2D eigenvalue weighted by molar-refractivity contribution is 7.80. The zero-order valence-corrected chi connectivity index (χ0v) is 14.1. The van der Waals surface area contributed by atoms with Gasteiger partial charge in [0.15, 0.2) is 0 Å². The Bertz CT molecular complexity index is 375. The highest BCUT2D eigenvalue weighted by Gasteiger charge is 2.42. The Hall–Kier alpha value is -0.640. The first-order valence-electron chi connectivity index (χ1n) is 8.67. The van der Waals surface area contributed by atoms with Crippen molar-refractivity contribution in [3.8, 4) is 0 Å². The Morgan fingerprint density at radius 1 is 1.05 bits per heavy atom. The van der Waals surface area contributed by atoms with Gasteiger partial charge in [0, 0.05) is 6.04 Å². The first-order valence-corrected chi connectivity index (χ1v) is 9.08. The maximum atomic E-state index is 13.0. The Labute approximate surface area is 134 Å². The summed E-state index contributed by atoms with van der Waals surface area (Å²) in [5.41, 5.74) is 5.43. The molecule has 0 bridgehead atoms. The lowest BCUT2D eigenvalue weighted by Gasteiger charge is -2.33. The summed E-state index contributed by atoms with van der Waals surface area (Å²) in [6, 6.07) is 0.300. The van der Waals surface area contributed by atoms with Crippen molar-refractivity contribution in [3.05, 3.63) is 0 Å². The molecule has 2 fully saturated rings. The van der Waals surface area contributed by atoms with Gasteiger partial charge >= 0.3 is 0 Å². The largest absolute Gasteiger partial charge is 0.392 e. The third-order valence-corrected chi connectivity index (χ3v) is 5.93. The van der Waals surface area contributed by atoms with Crippen LogP contribution in [-0.2, 0) is 4.79 Å². The molecule has 0 aromatic heterocycles. The number of nitrogens with one attached hydrogen (secondary N) is 1. The van der Waals surface area contributed by atoms with Crippen LogP contribution < -0.4 is 11.1 Å². The van der Waals surface area contributed by atoms with Crippen molar-refractivity contribution in [3.63, 3.8) is 0 Å². The van der Waals surface area contributed by atoms with Crippen molar-refractivity contribution in [2.24, 2.45) is 17.1 Å². The summed E-state index contributed by atoms with van der Waals surface area (Å²) in [7, 11) is 0. The minimum absolute atomic E-state index is 0.107. The van der Waals surface area contributed by atoms with E-state index in [4.69, 9.17) is 18.0 Å². The molecule has 3 nitrogen and oxygen atoms in total. The molecule has 120 valence electrons. The zero-order valence-electron chi connectivity index (χ0n) is 13.3. The SMILES string of the molecule is CC1CCCCCC1NC(=O)C1(C(N)=S)CCCCCC1. The van der Waals surface area contributed by atoms with Crippen LogP contribution in [0, 0.1) is 11.3 Å². The van der Waals surface area contributed by atoms with Crippen molar-refractivity contribution in [1.29, 1.82) is 0 Å². The second-order valence-corrected chi connectivity index (χ2v) is 7.50. The number of carbonyl (C=O) groups is 1. The Morgan fingerprint density at radius 2 is 1.62 bits per heavy atom. The number of hydrogen-bond donors (Lipinski definition) is 2. The molecule has 0 heterocycles. The highest BCUT2D eigenvalue weighted by Crippen LogP contribution is 2.36. The molecule has 3 N–H and O–H groups in total. The lowest BCUT2D eigenvalue weighted by Crippen LogP contribution is -2.52. The highest BCUT2D eigenvalue weighted by atomic mass is 32.1. The molecule has 0 saturated heterocycles. The van der Waals surface area contributed by atoms with Crippen molar-refractivity contribution >= 4 is 23.1 Å². The molecule has 4 heteroatoms. The topological polar surface area (TPSA) is 55.1 Å². The number of hydrogen-bond acceptors (Lipinski definition) is 2. The van der Waals surface area contributed by atoms with Gasteiger partial charge in [-0.2, -0.15) is 0 Å². The van der Waals surface area contributed by atoms with Gasteiger partial charge in [0.05, 0.1) is 10.4 Å². The zero-order chi connectivity index (χ0) is 15.3. The summed E-state index contributed by atoms with van der Waals surface area (Å²) in [6.45, 7) is 2.26. The molecule has 0 spiro atoms. The van der Waals surface area contributed by atoms with E-state index < -0.39 is 5.41 Å². The van der Waals surface area contributed by atoms with Gasteiger partial charge in [0.25, 0.3) is 0 Å². The number of carbonyl (C=O) groups excluding carboxylic acids is 1. The van der Waals surface area contributed by atoms with Crippen LogP contribution in [0.4, 0.5) is 0 Å². The van der Waals surface area contributed by atoms with Crippen LogP contribution >= 0.6 is 12.2 Å². The molecule has 0 aromatic carbocycles. The van der Waals surface area contributed by atoms with Crippen molar-refractivity contribution in [2.75, 3.05) is 0 Å². The Balaban J connectivity index is 2.09. The van der Waals surface area contributed by atoms with Gasteiger partial charge in [-0.3, -0.25) is 4.79 Å². The van der Waals surface area contributed by atoms with Crippen LogP contribution in [0.1, 0.15) is 77.6 Å². The van der Waals surface area contributed by atoms with Gasteiger partial charge in [-0.05, 0) is 31.6 Å². The molecule has 0 aromatic rings. The van der Waals surface area contributed by atoms with Crippen LogP contribution in [0.15, 0.2) is 0 Å². The molecule has 2 unspecified atom stereocenters. The van der Waals surface area contributed by atoms with E-state index in [1.165, 1.54) is 38.5 Å². The van der Waals surface area contributed by atoms with E-state index in [0.717, 1.165) is 32.1 Å². The summed E-state index contributed by atoms with van der Waals surface area (Å²) in [4.78, 5) is 13.4. The standard InChI is InChI=1S/C17H30N2OS/c1-13-9-5-4-6-10-14(13)19-16(20)17(15(18)21)11-7-2-3-8-12-17/h13-14H,2-12H2,1H3,(H2,18,21)(H,19,20). The predicted octanol–water partition coefficient (Wildman–Crippen LogP) is 3.70. The second kappa shape index (κ2) is 7.57. The van der Waals surface area contributed by atoms with E-state index >= 15 is 0 Å². The molecule has 1 amide bonds. The molecule has 2 rings (SSSR count). The molecular formula is C17H30N2OS. The smallest absolute Gasteiger partial charge is 0.233 e. The van der Waals surface area contributed by atoms with Gasteiger partial charge in [-0.1, -0.05) is 64.1 Å². The van der Waals surface area contributed by atoms with Gasteiger partial charge in [-0.25, -0.2) is 0 Å². The number of thiocarbonyl (C=S) groups is 1. The van der Waals surface area contributed by atoms with Crippen LogP contribution in [0.5, 0.6) is 0 Å². The van der Waals surface area contributed by atoms with Crippen LogP contribution in [0.25, 0.3) is 0 Å². The summed E-state index contributed by atoms with van der Waals surface area (Å²) < 4.78 is 0. The quantitative estimate of drug-likeness (QED) is 0.617. The third-order valence-electron chi connectivity index (χ3n) is 5.54. The van der Waals surface area contributed by atoms with Crippen molar-refractivity contribution in [2.45, 2.75) is 83.6 Å². The maximum absolute atomic E-state index is 13.0. The van der Waals surface area contributed by atoms with E-state index in [0.29, 0.717) is 16.9 Å². The van der Waals surface area contributed by atoms with Crippen molar-refractivity contribution in [1.82, 2.24) is 5.32 Å². The number of amides is 1. The molecule has 0 radical (unpaired) electrons. The van der Waals surface area contributed by atoms with Crippen molar-refractivity contribution < 1.29 is 4.79 Å². The lowest BCUT2D eigenvalue weighted by molar-refractivity contribution is -0.129. The molecule has 21 heavy (non-hydrogen) atoms. The first-order chi connectivity index (χ1) is 10.1. The summed E-state index contributed by atoms with van der Waals surface area (Å²) in [6.07, 6.45) is 12.3. The molecule has 2 aliphatic carbocycles. The molecule has 0 aliphatic heterocycles. The average molecular weight is 311 g/mol. The second-order valence-electron chi connectivity index (χ2n) is 7.06. The summed E-state index contributed by atoms with van der Waals surface area (Å²) >= 11 is 5.30. The summed E-state index contributed by atoms with van der Waals surface area (Å²) in [5.74, 6) is 0.668. The monoisotopic (exact) mass is 310 g/mol. The minimum atomic E-state index is -0.585. The van der Waals surface area contributed by atoms with Crippen LogP contribution in [0.2, 0.25) is 0 Å². The van der Waals surface area contributed by atoms with E-state index in [1.807, 2.05) is 0 Å². The fourth-order valence-corrected chi connectivity index (χ4v) is 4.23. The lowest BCUT2D eigenvalue weighted by atomic mass is 9.78. The minimum Gasteiger partial charge on any atom is -0.392 e. The van der Waals surface area contributed by atoms with E-state index in [-0.39, 0.29) is 5.91 Å². The third kappa shape index (κ3) is 3.97. The fourth-order valence-electron chi connectivity index (χ4n) is 3.93. The van der Waals surface area contributed by atoms with Crippen LogP contribution in [0.3, 0.4) is 0 Å². The van der Waals surface area contributed by atoms with Gasteiger partial charge < -0.3 is 11.1 Å². The predicted molar refractivity (Wildman–Crippen MR) is 91.1 cm³/mol. The summed E-state index contributed by atoms with van der Waals surface area (Å²) in [5, 5.41) is 3.32. The molecule has 2 atom stereocenters. The average Bonchev–Trinajstić information content (AvgIpc) is 2.81. The molecule has 2 aliphatic rings. The Kier molecular flexibility index (Phi) is 6.03. The maximum Gasteiger partial charge on any atom is 0.233 e. The normalized spacial score (nSPS) is 30.0. The van der Waals surface area contributed by atoms with Gasteiger partial charge in [0.2, 0.25) is 5.91 Å². The van der Waals surface area contributed by atoms with Gasteiger partial charge in [-0.15, -0.1) is 0 Å². The van der Waals surface area contributed by atoms with Gasteiger partial charge in [0.1, 0.15) is 0 Å². The van der Waals surface area contributed by atoms with Crippen LogP contribution in [-0.4, -0.2) is 16.9 Å². The van der Waals surface area contributed by atoms with E-state index in [9.17, 15) is 4.79 Å². The number of rotatable bonds is 3. The Morgan fingerprint density at radius 3 is 2.24 bits per heavy atom. The first kappa shape index (κ1) is 16.7. The van der Waals surface area contributed by atoms with E-state index in [1.54, 1.807) is 0 Å². The molecular weight excluding hydrogens is 280 g/mol. The fraction of sp³-hybridized carbons (Fsp3) is 0.882. The number of nitrogens with two attached hydrogens (primary N) is 1. The molecule has 2 saturated carbocycles. The van der Waals surface area contributed by atoms with E-state index in [2.05, 4.69) is 12.2 Å².